The lowest BCUT2D eigenvalue weighted by Crippen LogP contribution is -2.31. The van der Waals surface area contributed by atoms with E-state index in [0.29, 0.717) is 16.8 Å². The summed E-state index contributed by atoms with van der Waals surface area (Å²) in [6.45, 7) is 4.21. The fraction of sp³-hybridized carbons (Fsp3) is 0.438. The van der Waals surface area contributed by atoms with Crippen LogP contribution in [0.5, 0.6) is 5.75 Å². The van der Waals surface area contributed by atoms with Crippen LogP contribution in [0.3, 0.4) is 0 Å². The Balaban J connectivity index is 1.61. The largest absolute Gasteiger partial charge is 0.508 e. The zero-order chi connectivity index (χ0) is 16.4. The number of anilines is 1. The molecule has 7 heteroatoms. The first kappa shape index (κ1) is 15.7. The first-order valence-electron chi connectivity index (χ1n) is 7.73. The van der Waals surface area contributed by atoms with Gasteiger partial charge in [0.15, 0.2) is 0 Å². The number of hydrogen-bond donors (Lipinski definition) is 3. The van der Waals surface area contributed by atoms with E-state index in [4.69, 9.17) is 0 Å². The number of phenols is 1. The molecule has 0 bridgehead atoms. The van der Waals surface area contributed by atoms with Gasteiger partial charge in [-0.2, -0.15) is 4.37 Å². The summed E-state index contributed by atoms with van der Waals surface area (Å²) in [5, 5.41) is 16.0. The third-order valence-electron chi connectivity index (χ3n) is 3.83. The molecule has 23 heavy (non-hydrogen) atoms. The van der Waals surface area contributed by atoms with Crippen molar-refractivity contribution in [3.05, 3.63) is 35.2 Å². The number of nitrogens with one attached hydrogen (secondary N) is 2. The molecule has 0 saturated carbocycles. The van der Waals surface area contributed by atoms with E-state index < -0.39 is 0 Å². The second kappa shape index (κ2) is 6.54. The van der Waals surface area contributed by atoms with Crippen molar-refractivity contribution in [3.8, 4) is 5.75 Å². The van der Waals surface area contributed by atoms with E-state index in [9.17, 15) is 9.90 Å². The number of carbonyl (C=O) groups excluding carboxylic acids is 1. The van der Waals surface area contributed by atoms with Gasteiger partial charge < -0.3 is 10.4 Å². The number of amides is 2. The molecule has 1 heterocycles. The Labute approximate surface area is 139 Å². The number of rotatable bonds is 4. The monoisotopic (exact) mass is 332 g/mol. The molecule has 2 amide bonds. The van der Waals surface area contributed by atoms with Crippen LogP contribution in [-0.4, -0.2) is 20.5 Å². The second-order valence-corrected chi connectivity index (χ2v) is 6.90. The van der Waals surface area contributed by atoms with Gasteiger partial charge in [0.05, 0.1) is 6.04 Å². The standard InChI is InChI=1S/C16H20N4O2S/c1-9(2)8-14-18-16(23-20-14)19-15(22)17-12-7-6-11-10(12)4-3-5-13(11)21/h3-5,9,12,21H,6-8H2,1-2H3,(H2,17,18,19,20,22). The Morgan fingerprint density at radius 2 is 2.30 bits per heavy atom. The van der Waals surface area contributed by atoms with Crippen LogP contribution < -0.4 is 10.6 Å². The fourth-order valence-corrected chi connectivity index (χ4v) is 3.42. The van der Waals surface area contributed by atoms with Crippen molar-refractivity contribution in [2.75, 3.05) is 5.32 Å². The molecule has 0 fully saturated rings. The highest BCUT2D eigenvalue weighted by atomic mass is 32.1. The molecule has 3 rings (SSSR count). The molecule has 1 aliphatic rings. The lowest BCUT2D eigenvalue weighted by Gasteiger charge is -2.14. The van der Waals surface area contributed by atoms with E-state index in [2.05, 4.69) is 33.8 Å². The van der Waals surface area contributed by atoms with Crippen molar-refractivity contribution >= 4 is 22.7 Å². The Kier molecular flexibility index (Phi) is 4.47. The Hall–Kier alpha value is -2.15. The minimum Gasteiger partial charge on any atom is -0.508 e. The summed E-state index contributed by atoms with van der Waals surface area (Å²) >= 11 is 1.19. The number of aromatic hydroxyl groups is 1. The molecule has 0 aliphatic heterocycles. The van der Waals surface area contributed by atoms with Crippen molar-refractivity contribution in [2.24, 2.45) is 5.92 Å². The molecule has 0 radical (unpaired) electrons. The van der Waals surface area contributed by atoms with Crippen LogP contribution >= 0.6 is 11.5 Å². The van der Waals surface area contributed by atoms with Gasteiger partial charge in [-0.3, -0.25) is 5.32 Å². The molecule has 1 aromatic carbocycles. The molecule has 6 nitrogen and oxygen atoms in total. The van der Waals surface area contributed by atoms with Crippen LogP contribution in [0.25, 0.3) is 0 Å². The van der Waals surface area contributed by atoms with Gasteiger partial charge >= 0.3 is 6.03 Å². The maximum Gasteiger partial charge on any atom is 0.321 e. The number of urea groups is 1. The molecule has 1 unspecified atom stereocenters. The van der Waals surface area contributed by atoms with E-state index in [-0.39, 0.29) is 12.1 Å². The lowest BCUT2D eigenvalue weighted by atomic mass is 10.1. The van der Waals surface area contributed by atoms with Crippen LogP contribution in [-0.2, 0) is 12.8 Å². The van der Waals surface area contributed by atoms with Gasteiger partial charge in [0.25, 0.3) is 0 Å². The van der Waals surface area contributed by atoms with Crippen molar-refractivity contribution < 1.29 is 9.90 Å². The average Bonchev–Trinajstić information content (AvgIpc) is 3.07. The minimum absolute atomic E-state index is 0.0832. The van der Waals surface area contributed by atoms with E-state index in [1.807, 2.05) is 6.07 Å². The van der Waals surface area contributed by atoms with Gasteiger partial charge in [-0.1, -0.05) is 26.0 Å². The summed E-state index contributed by atoms with van der Waals surface area (Å²) in [5.41, 5.74) is 1.91. The van der Waals surface area contributed by atoms with Crippen LogP contribution in [0.15, 0.2) is 18.2 Å². The molecule has 3 N–H and O–H groups in total. The summed E-state index contributed by atoms with van der Waals surface area (Å²) in [5.74, 6) is 1.54. The smallest absolute Gasteiger partial charge is 0.321 e. The van der Waals surface area contributed by atoms with Crippen LogP contribution in [0, 0.1) is 5.92 Å². The number of phenolic OH excluding ortho intramolecular Hbond substituents is 1. The topological polar surface area (TPSA) is 87.1 Å². The maximum atomic E-state index is 12.1. The first-order chi connectivity index (χ1) is 11.0. The summed E-state index contributed by atoms with van der Waals surface area (Å²) in [7, 11) is 0. The minimum atomic E-state index is -0.293. The number of benzene rings is 1. The van der Waals surface area contributed by atoms with E-state index in [1.165, 1.54) is 11.5 Å². The van der Waals surface area contributed by atoms with Gasteiger partial charge in [0, 0.05) is 18.0 Å². The van der Waals surface area contributed by atoms with E-state index in [0.717, 1.165) is 36.2 Å². The Morgan fingerprint density at radius 3 is 3.09 bits per heavy atom. The summed E-state index contributed by atoms with van der Waals surface area (Å²) in [4.78, 5) is 16.5. The van der Waals surface area contributed by atoms with E-state index in [1.54, 1.807) is 12.1 Å². The second-order valence-electron chi connectivity index (χ2n) is 6.15. The molecule has 1 aliphatic carbocycles. The normalized spacial score (nSPS) is 16.4. The quantitative estimate of drug-likeness (QED) is 0.802. The van der Waals surface area contributed by atoms with Gasteiger partial charge in [-0.25, -0.2) is 9.78 Å². The average molecular weight is 332 g/mol. The van der Waals surface area contributed by atoms with Gasteiger partial charge in [0.2, 0.25) is 5.13 Å². The van der Waals surface area contributed by atoms with Gasteiger partial charge in [0.1, 0.15) is 11.6 Å². The van der Waals surface area contributed by atoms with Crippen molar-refractivity contribution in [1.29, 1.82) is 0 Å². The van der Waals surface area contributed by atoms with Gasteiger partial charge in [-0.15, -0.1) is 0 Å². The highest BCUT2D eigenvalue weighted by Crippen LogP contribution is 2.36. The predicted octanol–water partition coefficient (Wildman–Crippen LogP) is 3.25. The number of aromatic nitrogens is 2. The molecule has 1 atom stereocenters. The molecule has 0 spiro atoms. The molecule has 1 aromatic heterocycles. The van der Waals surface area contributed by atoms with Crippen molar-refractivity contribution in [3.63, 3.8) is 0 Å². The zero-order valence-electron chi connectivity index (χ0n) is 13.2. The van der Waals surface area contributed by atoms with Crippen LogP contribution in [0.2, 0.25) is 0 Å². The first-order valence-corrected chi connectivity index (χ1v) is 8.51. The van der Waals surface area contributed by atoms with Crippen molar-refractivity contribution in [2.45, 2.75) is 39.2 Å². The highest BCUT2D eigenvalue weighted by Gasteiger charge is 2.26. The SMILES string of the molecule is CC(C)Cc1nsc(NC(=O)NC2CCc3c(O)cccc32)n1. The van der Waals surface area contributed by atoms with Crippen LogP contribution in [0.4, 0.5) is 9.93 Å². The lowest BCUT2D eigenvalue weighted by molar-refractivity contribution is 0.248. The Bertz CT molecular complexity index is 714. The maximum absolute atomic E-state index is 12.1. The molecule has 2 aromatic rings. The van der Waals surface area contributed by atoms with E-state index >= 15 is 0 Å². The number of hydrogen-bond acceptors (Lipinski definition) is 5. The summed E-state index contributed by atoms with van der Waals surface area (Å²) in [6.07, 6.45) is 2.36. The van der Waals surface area contributed by atoms with Crippen LogP contribution in [0.1, 0.15) is 43.3 Å². The third-order valence-corrected chi connectivity index (χ3v) is 4.50. The van der Waals surface area contributed by atoms with Crippen molar-refractivity contribution in [1.82, 2.24) is 14.7 Å². The molecule has 0 saturated heterocycles. The number of nitrogens with zero attached hydrogens (tertiary/aromatic N) is 2. The Morgan fingerprint density at radius 1 is 1.48 bits per heavy atom. The summed E-state index contributed by atoms with van der Waals surface area (Å²) < 4.78 is 4.24. The summed E-state index contributed by atoms with van der Waals surface area (Å²) in [6, 6.07) is 5.05. The molecule has 122 valence electrons. The van der Waals surface area contributed by atoms with Gasteiger partial charge in [-0.05, 0) is 36.0 Å². The predicted molar refractivity (Wildman–Crippen MR) is 89.8 cm³/mol. The number of fused-ring (bicyclic) bond motifs is 1. The number of carbonyl (C=O) groups is 1. The molecular weight excluding hydrogens is 312 g/mol. The third kappa shape index (κ3) is 3.61. The highest BCUT2D eigenvalue weighted by molar-refractivity contribution is 7.09. The fourth-order valence-electron chi connectivity index (χ4n) is 2.83. The zero-order valence-corrected chi connectivity index (χ0v) is 14.0. The molecular formula is C16H20N4O2S.